The van der Waals surface area contributed by atoms with Gasteiger partial charge in [0, 0.05) is 39.4 Å². The van der Waals surface area contributed by atoms with Gasteiger partial charge >= 0.3 is 0 Å². The molecule has 0 unspecified atom stereocenters. The van der Waals surface area contributed by atoms with E-state index < -0.39 is 21.6 Å². The second-order valence-corrected chi connectivity index (χ2v) is 8.15. The van der Waals surface area contributed by atoms with E-state index in [0.29, 0.717) is 32.5 Å². The van der Waals surface area contributed by atoms with Gasteiger partial charge in [0.15, 0.2) is 0 Å². The van der Waals surface area contributed by atoms with Crippen molar-refractivity contribution in [1.82, 2.24) is 9.21 Å². The van der Waals surface area contributed by atoms with Gasteiger partial charge in [0.2, 0.25) is 15.9 Å². The largest absolute Gasteiger partial charge is 0.358 e. The molecule has 1 spiro atoms. The Balaban J connectivity index is 1.90. The molecule has 1 aromatic carbocycles. The first-order valence-electron chi connectivity index (χ1n) is 7.95. The molecule has 132 valence electrons. The van der Waals surface area contributed by atoms with Crippen molar-refractivity contribution < 1.29 is 22.3 Å². The minimum Gasteiger partial charge on any atom is -0.358 e. The minimum atomic E-state index is -3.79. The van der Waals surface area contributed by atoms with Crippen molar-refractivity contribution in [3.63, 3.8) is 0 Å². The maximum Gasteiger partial charge on any atom is 0.245 e. The number of likely N-dealkylation sites (tertiary alicyclic amines) is 1. The molecular weight excluding hydrogens is 335 g/mol. The molecule has 0 N–H and O–H groups in total. The molecular formula is C16H21FN2O4S. The van der Waals surface area contributed by atoms with E-state index in [-0.39, 0.29) is 22.9 Å². The molecule has 1 amide bonds. The van der Waals surface area contributed by atoms with Crippen LogP contribution < -0.4 is 0 Å². The summed E-state index contributed by atoms with van der Waals surface area (Å²) >= 11 is 0. The number of benzene rings is 1. The predicted molar refractivity (Wildman–Crippen MR) is 85.2 cm³/mol. The number of sulfonamides is 1. The van der Waals surface area contributed by atoms with Crippen molar-refractivity contribution in [2.75, 3.05) is 26.2 Å². The van der Waals surface area contributed by atoms with Crippen LogP contribution in [0.2, 0.25) is 0 Å². The molecule has 0 aromatic heterocycles. The fourth-order valence-electron chi connectivity index (χ4n) is 3.40. The van der Waals surface area contributed by atoms with Crippen LogP contribution in [0.5, 0.6) is 0 Å². The van der Waals surface area contributed by atoms with Crippen LogP contribution in [0.1, 0.15) is 25.3 Å². The van der Waals surface area contributed by atoms with Gasteiger partial charge < -0.3 is 9.64 Å². The third-order valence-electron chi connectivity index (χ3n) is 4.83. The second-order valence-electron chi connectivity index (χ2n) is 6.29. The third-order valence-corrected chi connectivity index (χ3v) is 6.77. The molecule has 0 saturated carbocycles. The first kappa shape index (κ1) is 17.3. The van der Waals surface area contributed by atoms with E-state index in [1.807, 2.05) is 0 Å². The van der Waals surface area contributed by atoms with Gasteiger partial charge in [0.25, 0.3) is 0 Å². The summed E-state index contributed by atoms with van der Waals surface area (Å²) in [6.07, 6.45) is 0.873. The van der Waals surface area contributed by atoms with Crippen LogP contribution in [0, 0.1) is 12.7 Å². The Bertz CT molecular complexity index is 757. The number of halogens is 1. The SMILES string of the molecule is CC(=O)N1CCC2(CC1)OCCN2S(=O)(=O)c1ccc(F)c(C)c1. The Kier molecular flexibility index (Phi) is 4.39. The molecule has 3 rings (SSSR count). The normalized spacial score (nSPS) is 21.4. The fourth-order valence-corrected chi connectivity index (χ4v) is 5.21. The highest BCUT2D eigenvalue weighted by Gasteiger charge is 2.50. The molecule has 2 heterocycles. The molecule has 2 saturated heterocycles. The van der Waals surface area contributed by atoms with Crippen molar-refractivity contribution in [2.24, 2.45) is 0 Å². The zero-order valence-electron chi connectivity index (χ0n) is 13.8. The average molecular weight is 356 g/mol. The summed E-state index contributed by atoms with van der Waals surface area (Å²) < 4.78 is 46.7. The molecule has 2 aliphatic rings. The highest BCUT2D eigenvalue weighted by atomic mass is 32.2. The van der Waals surface area contributed by atoms with Gasteiger partial charge in [-0.1, -0.05) is 0 Å². The summed E-state index contributed by atoms with van der Waals surface area (Å²) in [7, 11) is -3.79. The van der Waals surface area contributed by atoms with Gasteiger partial charge in [-0.15, -0.1) is 0 Å². The van der Waals surface area contributed by atoms with E-state index in [1.165, 1.54) is 36.4 Å². The second kappa shape index (κ2) is 6.09. The smallest absolute Gasteiger partial charge is 0.245 e. The lowest BCUT2D eigenvalue weighted by molar-refractivity contribution is -0.137. The van der Waals surface area contributed by atoms with E-state index in [1.54, 1.807) is 4.90 Å². The Morgan fingerprint density at radius 2 is 1.92 bits per heavy atom. The number of piperidine rings is 1. The Labute approximate surface area is 141 Å². The third kappa shape index (κ3) is 2.82. The maximum atomic E-state index is 13.5. The Hall–Kier alpha value is -1.51. The highest BCUT2D eigenvalue weighted by Crippen LogP contribution is 2.38. The van der Waals surface area contributed by atoms with Crippen molar-refractivity contribution >= 4 is 15.9 Å². The van der Waals surface area contributed by atoms with Crippen LogP contribution in [-0.4, -0.2) is 55.5 Å². The minimum absolute atomic E-state index is 0.0218. The van der Waals surface area contributed by atoms with Crippen LogP contribution in [0.25, 0.3) is 0 Å². The summed E-state index contributed by atoms with van der Waals surface area (Å²) in [5.41, 5.74) is -0.621. The number of rotatable bonds is 2. The number of aryl methyl sites for hydroxylation is 1. The lowest BCUT2D eigenvalue weighted by Crippen LogP contribution is -2.55. The van der Waals surface area contributed by atoms with E-state index in [4.69, 9.17) is 4.74 Å². The van der Waals surface area contributed by atoms with Gasteiger partial charge in [-0.25, -0.2) is 12.8 Å². The maximum absolute atomic E-state index is 13.5. The zero-order valence-corrected chi connectivity index (χ0v) is 14.6. The molecule has 8 heteroatoms. The number of carbonyl (C=O) groups excluding carboxylic acids is 1. The van der Waals surface area contributed by atoms with Crippen LogP contribution in [0.4, 0.5) is 4.39 Å². The van der Waals surface area contributed by atoms with E-state index >= 15 is 0 Å². The molecule has 0 atom stereocenters. The molecule has 6 nitrogen and oxygen atoms in total. The molecule has 2 aliphatic heterocycles. The summed E-state index contributed by atoms with van der Waals surface area (Å²) in [6.45, 7) is 4.55. The van der Waals surface area contributed by atoms with Crippen molar-refractivity contribution in [2.45, 2.75) is 37.3 Å². The summed E-state index contributed by atoms with van der Waals surface area (Å²) in [6, 6.07) is 3.81. The Morgan fingerprint density at radius 1 is 1.25 bits per heavy atom. The standard InChI is InChI=1S/C16H21FN2O4S/c1-12-11-14(3-4-15(12)17)24(21,22)19-9-10-23-16(19)5-7-18(8-6-16)13(2)20/h3-4,11H,5-10H2,1-2H3. The van der Waals surface area contributed by atoms with E-state index in [2.05, 4.69) is 0 Å². The van der Waals surface area contributed by atoms with Crippen LogP contribution >= 0.6 is 0 Å². The number of nitrogens with zero attached hydrogens (tertiary/aromatic N) is 2. The number of carbonyl (C=O) groups is 1. The summed E-state index contributed by atoms with van der Waals surface area (Å²) in [5, 5.41) is 0. The molecule has 0 bridgehead atoms. The molecule has 0 radical (unpaired) electrons. The zero-order chi connectivity index (χ0) is 17.5. The Morgan fingerprint density at radius 3 is 2.50 bits per heavy atom. The van der Waals surface area contributed by atoms with E-state index in [9.17, 15) is 17.6 Å². The highest BCUT2D eigenvalue weighted by molar-refractivity contribution is 7.89. The predicted octanol–water partition coefficient (Wildman–Crippen LogP) is 1.49. The number of ether oxygens (including phenoxy) is 1. The first-order chi connectivity index (χ1) is 11.3. The summed E-state index contributed by atoms with van der Waals surface area (Å²) in [4.78, 5) is 13.3. The quantitative estimate of drug-likeness (QED) is 0.805. The van der Waals surface area contributed by atoms with Crippen molar-refractivity contribution in [1.29, 1.82) is 0 Å². The molecule has 24 heavy (non-hydrogen) atoms. The average Bonchev–Trinajstić information content (AvgIpc) is 2.94. The lowest BCUT2D eigenvalue weighted by atomic mass is 10.0. The molecule has 1 aromatic rings. The topological polar surface area (TPSA) is 66.9 Å². The summed E-state index contributed by atoms with van der Waals surface area (Å²) in [5.74, 6) is -0.456. The van der Waals surface area contributed by atoms with Crippen LogP contribution in [-0.2, 0) is 19.6 Å². The van der Waals surface area contributed by atoms with Gasteiger partial charge in [-0.2, -0.15) is 4.31 Å². The van der Waals surface area contributed by atoms with Crippen molar-refractivity contribution in [3.05, 3.63) is 29.6 Å². The van der Waals surface area contributed by atoms with E-state index in [0.717, 1.165) is 0 Å². The molecule has 2 fully saturated rings. The van der Waals surface area contributed by atoms with Crippen LogP contribution in [0.15, 0.2) is 23.1 Å². The monoisotopic (exact) mass is 356 g/mol. The number of hydrogen-bond acceptors (Lipinski definition) is 4. The van der Waals surface area contributed by atoms with Crippen LogP contribution in [0.3, 0.4) is 0 Å². The fraction of sp³-hybridized carbons (Fsp3) is 0.562. The van der Waals surface area contributed by atoms with Gasteiger partial charge in [0.05, 0.1) is 11.5 Å². The van der Waals surface area contributed by atoms with Crippen molar-refractivity contribution in [3.8, 4) is 0 Å². The van der Waals surface area contributed by atoms with Gasteiger partial charge in [-0.05, 0) is 30.7 Å². The van der Waals surface area contributed by atoms with Gasteiger partial charge in [0.1, 0.15) is 11.5 Å². The number of hydrogen-bond donors (Lipinski definition) is 0. The van der Waals surface area contributed by atoms with Gasteiger partial charge in [-0.3, -0.25) is 4.79 Å². The first-order valence-corrected chi connectivity index (χ1v) is 9.39. The molecule has 0 aliphatic carbocycles. The number of amides is 1. The lowest BCUT2D eigenvalue weighted by Gasteiger charge is -2.42.